The summed E-state index contributed by atoms with van der Waals surface area (Å²) in [5.41, 5.74) is 1.72. The van der Waals surface area contributed by atoms with Crippen molar-refractivity contribution >= 4 is 17.5 Å². The number of anilines is 1. The van der Waals surface area contributed by atoms with Crippen molar-refractivity contribution in [3.63, 3.8) is 0 Å². The minimum Gasteiger partial charge on any atom is -0.493 e. The molecule has 1 fully saturated rings. The van der Waals surface area contributed by atoms with Crippen molar-refractivity contribution in [2.45, 2.75) is 39.3 Å². The number of benzene rings is 2. The second kappa shape index (κ2) is 11.9. The Hall–Kier alpha value is -3.92. The second-order valence-electron chi connectivity index (χ2n) is 9.32. The van der Waals surface area contributed by atoms with Crippen molar-refractivity contribution in [2.75, 3.05) is 32.6 Å². The maximum Gasteiger partial charge on any atom is 0.253 e. The number of aromatic nitrogens is 2. The van der Waals surface area contributed by atoms with Gasteiger partial charge >= 0.3 is 0 Å². The van der Waals surface area contributed by atoms with Crippen LogP contribution in [0.2, 0.25) is 0 Å². The first kappa shape index (κ1) is 26.2. The van der Waals surface area contributed by atoms with Crippen LogP contribution in [-0.2, 0) is 11.3 Å². The fourth-order valence-electron chi connectivity index (χ4n) is 4.38. The average Bonchev–Trinajstić information content (AvgIpc) is 3.36. The zero-order valence-corrected chi connectivity index (χ0v) is 21.6. The summed E-state index contributed by atoms with van der Waals surface area (Å²) in [5, 5.41) is 9.96. The van der Waals surface area contributed by atoms with Gasteiger partial charge < -0.3 is 24.6 Å². The van der Waals surface area contributed by atoms with Crippen LogP contribution in [0.15, 0.2) is 47.0 Å². The van der Waals surface area contributed by atoms with Crippen molar-refractivity contribution in [1.82, 2.24) is 20.4 Å². The predicted molar refractivity (Wildman–Crippen MR) is 139 cm³/mol. The maximum atomic E-state index is 13.1. The Morgan fingerprint density at radius 1 is 1.14 bits per heavy atom. The summed E-state index contributed by atoms with van der Waals surface area (Å²) in [6.07, 6.45) is 1.63. The normalized spacial score (nSPS) is 15.9. The van der Waals surface area contributed by atoms with Gasteiger partial charge in [-0.1, -0.05) is 17.3 Å². The minimum atomic E-state index is -0.219. The van der Waals surface area contributed by atoms with Gasteiger partial charge in [-0.2, -0.15) is 4.98 Å². The van der Waals surface area contributed by atoms with Gasteiger partial charge in [-0.25, -0.2) is 0 Å². The maximum absolute atomic E-state index is 13.1. The molecule has 196 valence electrons. The molecule has 4 rings (SSSR count). The third-order valence-electron chi connectivity index (χ3n) is 6.19. The van der Waals surface area contributed by atoms with Crippen LogP contribution in [0.4, 0.5) is 5.69 Å². The summed E-state index contributed by atoms with van der Waals surface area (Å²) in [6.45, 7) is 5.62. The number of rotatable bonds is 9. The van der Waals surface area contributed by atoms with Crippen molar-refractivity contribution < 1.29 is 23.6 Å². The Balaban J connectivity index is 1.39. The first-order chi connectivity index (χ1) is 17.9. The van der Waals surface area contributed by atoms with Crippen LogP contribution in [-0.4, -0.2) is 60.2 Å². The third kappa shape index (κ3) is 6.45. The van der Waals surface area contributed by atoms with Crippen LogP contribution >= 0.6 is 0 Å². The quantitative estimate of drug-likeness (QED) is 0.450. The first-order valence-electron chi connectivity index (χ1n) is 12.4. The first-order valence-corrected chi connectivity index (χ1v) is 12.4. The van der Waals surface area contributed by atoms with E-state index in [2.05, 4.69) is 25.7 Å². The summed E-state index contributed by atoms with van der Waals surface area (Å²) in [7, 11) is 3.16. The molecule has 0 bridgehead atoms. The highest BCUT2D eigenvalue weighted by Gasteiger charge is 2.28. The van der Waals surface area contributed by atoms with E-state index in [-0.39, 0.29) is 23.8 Å². The van der Waals surface area contributed by atoms with Crippen LogP contribution in [0, 0.1) is 5.92 Å². The molecule has 2 heterocycles. The lowest BCUT2D eigenvalue weighted by molar-refractivity contribution is -0.121. The molecule has 3 aromatic rings. The van der Waals surface area contributed by atoms with E-state index in [0.29, 0.717) is 47.6 Å². The molecule has 1 aliphatic heterocycles. The summed E-state index contributed by atoms with van der Waals surface area (Å²) in [6, 6.07) is 12.5. The van der Waals surface area contributed by atoms with Crippen molar-refractivity contribution in [3.05, 3.63) is 53.9 Å². The van der Waals surface area contributed by atoms with Gasteiger partial charge in [0, 0.05) is 18.2 Å². The van der Waals surface area contributed by atoms with Gasteiger partial charge in [-0.05, 0) is 63.6 Å². The van der Waals surface area contributed by atoms with Gasteiger partial charge in [0.25, 0.3) is 5.91 Å². The smallest absolute Gasteiger partial charge is 0.253 e. The number of carbonyl (C=O) groups is 2. The highest BCUT2D eigenvalue weighted by Crippen LogP contribution is 2.31. The summed E-state index contributed by atoms with van der Waals surface area (Å²) >= 11 is 0. The molecule has 2 N–H and O–H groups in total. The number of hydrogen-bond donors (Lipinski definition) is 2. The molecular weight excluding hydrogens is 474 g/mol. The molecule has 0 spiro atoms. The molecule has 1 aromatic heterocycles. The molecule has 0 saturated carbocycles. The van der Waals surface area contributed by atoms with Crippen LogP contribution in [0.5, 0.6) is 11.5 Å². The highest BCUT2D eigenvalue weighted by atomic mass is 16.5. The molecule has 1 atom stereocenters. The number of piperidine rings is 1. The van der Waals surface area contributed by atoms with E-state index in [4.69, 9.17) is 14.0 Å². The van der Waals surface area contributed by atoms with E-state index in [0.717, 1.165) is 24.9 Å². The van der Waals surface area contributed by atoms with E-state index in [1.165, 1.54) is 0 Å². The largest absolute Gasteiger partial charge is 0.493 e. The van der Waals surface area contributed by atoms with Gasteiger partial charge in [-0.15, -0.1) is 0 Å². The highest BCUT2D eigenvalue weighted by molar-refractivity contribution is 6.04. The second-order valence-corrected chi connectivity index (χ2v) is 9.32. The van der Waals surface area contributed by atoms with E-state index >= 15 is 0 Å². The molecule has 2 amide bonds. The molecule has 0 aliphatic carbocycles. The Labute approximate surface area is 216 Å². The van der Waals surface area contributed by atoms with E-state index < -0.39 is 0 Å². The number of nitrogens with zero attached hydrogens (tertiary/aromatic N) is 3. The molecular formula is C27H33N5O5. The average molecular weight is 508 g/mol. The van der Waals surface area contributed by atoms with Crippen molar-refractivity contribution in [3.8, 4) is 22.9 Å². The standard InChI is InChI=1S/C27H33N5O5/c1-17(2)28-27(34)20-9-5-6-10-21(20)29-26(33)19-8-7-13-32(15-19)16-24-30-25(31-37-24)18-11-12-22(35-3)23(14-18)36-4/h5-6,9-12,14,17,19H,7-8,13,15-16H2,1-4H3,(H,28,34)(H,29,33). The molecule has 0 radical (unpaired) electrons. The van der Waals surface area contributed by atoms with E-state index in [1.807, 2.05) is 19.9 Å². The lowest BCUT2D eigenvalue weighted by Crippen LogP contribution is -2.40. The van der Waals surface area contributed by atoms with Gasteiger partial charge in [0.2, 0.25) is 17.6 Å². The van der Waals surface area contributed by atoms with Crippen molar-refractivity contribution in [2.24, 2.45) is 5.92 Å². The van der Waals surface area contributed by atoms with Gasteiger partial charge in [0.05, 0.1) is 37.9 Å². The van der Waals surface area contributed by atoms with E-state index in [9.17, 15) is 9.59 Å². The van der Waals surface area contributed by atoms with Gasteiger partial charge in [0.15, 0.2) is 11.5 Å². The molecule has 1 saturated heterocycles. The Morgan fingerprint density at radius 2 is 1.92 bits per heavy atom. The molecule has 1 aliphatic rings. The lowest BCUT2D eigenvalue weighted by Gasteiger charge is -2.31. The van der Waals surface area contributed by atoms with Crippen LogP contribution in [0.25, 0.3) is 11.4 Å². The van der Waals surface area contributed by atoms with Crippen molar-refractivity contribution in [1.29, 1.82) is 0 Å². The van der Waals surface area contributed by atoms with Crippen LogP contribution in [0.1, 0.15) is 42.9 Å². The Bertz CT molecular complexity index is 1240. The molecule has 1 unspecified atom stereocenters. The minimum absolute atomic E-state index is 0.000116. The summed E-state index contributed by atoms with van der Waals surface area (Å²) in [4.78, 5) is 32.3. The lowest BCUT2D eigenvalue weighted by atomic mass is 9.96. The number of methoxy groups -OCH3 is 2. The van der Waals surface area contributed by atoms with Crippen LogP contribution < -0.4 is 20.1 Å². The van der Waals surface area contributed by atoms with Gasteiger partial charge in [-0.3, -0.25) is 14.5 Å². The molecule has 10 nitrogen and oxygen atoms in total. The monoisotopic (exact) mass is 507 g/mol. The molecule has 37 heavy (non-hydrogen) atoms. The fraction of sp³-hybridized carbons (Fsp3) is 0.407. The topological polar surface area (TPSA) is 119 Å². The number of likely N-dealkylation sites (tertiary alicyclic amines) is 1. The third-order valence-corrected chi connectivity index (χ3v) is 6.19. The summed E-state index contributed by atoms with van der Waals surface area (Å²) in [5.74, 6) is 1.60. The number of para-hydroxylation sites is 1. The predicted octanol–water partition coefficient (Wildman–Crippen LogP) is 3.74. The Kier molecular flexibility index (Phi) is 8.39. The zero-order chi connectivity index (χ0) is 26.4. The number of amides is 2. The SMILES string of the molecule is COc1ccc(-c2noc(CN3CCCC(C(=O)Nc4ccccc4C(=O)NC(C)C)C3)n2)cc1OC. The summed E-state index contributed by atoms with van der Waals surface area (Å²) < 4.78 is 16.1. The number of nitrogens with one attached hydrogen (secondary N) is 2. The number of ether oxygens (including phenoxy) is 2. The fourth-order valence-corrected chi connectivity index (χ4v) is 4.38. The van der Waals surface area contributed by atoms with Gasteiger partial charge in [0.1, 0.15) is 0 Å². The zero-order valence-electron chi connectivity index (χ0n) is 21.6. The number of carbonyl (C=O) groups excluding carboxylic acids is 2. The van der Waals surface area contributed by atoms with E-state index in [1.54, 1.807) is 50.6 Å². The van der Waals surface area contributed by atoms with Crippen LogP contribution in [0.3, 0.4) is 0 Å². The molecule has 10 heteroatoms. The Morgan fingerprint density at radius 3 is 2.68 bits per heavy atom. The molecule has 2 aromatic carbocycles. The number of hydrogen-bond acceptors (Lipinski definition) is 8.